The number of aromatic amines is 1. The van der Waals surface area contributed by atoms with Crippen molar-refractivity contribution < 1.29 is 14.7 Å². The van der Waals surface area contributed by atoms with Crippen LogP contribution in [0.5, 0.6) is 0 Å². The Morgan fingerprint density at radius 1 is 1.20 bits per heavy atom. The molecule has 128 valence electrons. The number of amides is 1. The van der Waals surface area contributed by atoms with Gasteiger partial charge in [0, 0.05) is 16.9 Å². The standard InChI is InChI=1S/C20H20N2O3/c1-10-7-11(2)17-13(19(23)22-15(17)8-10)9-16-18(20(24)25)12-5-3-4-6-14(12)21-16/h7-9,21H,3-6H2,1-2H3,(H,22,23)(H,24,25). The first-order chi connectivity index (χ1) is 12.0. The molecule has 1 aromatic carbocycles. The molecule has 0 saturated heterocycles. The topological polar surface area (TPSA) is 82.2 Å². The highest BCUT2D eigenvalue weighted by atomic mass is 16.4. The predicted molar refractivity (Wildman–Crippen MR) is 96.8 cm³/mol. The number of nitrogens with one attached hydrogen (secondary N) is 2. The molecular formula is C20H20N2O3. The highest BCUT2D eigenvalue weighted by Gasteiger charge is 2.29. The van der Waals surface area contributed by atoms with Crippen LogP contribution in [-0.4, -0.2) is 22.0 Å². The number of carboxylic acids is 1. The van der Waals surface area contributed by atoms with E-state index in [0.29, 0.717) is 16.8 Å². The maximum absolute atomic E-state index is 12.5. The fourth-order valence-corrected chi connectivity index (χ4v) is 4.07. The van der Waals surface area contributed by atoms with Gasteiger partial charge < -0.3 is 15.4 Å². The van der Waals surface area contributed by atoms with Crippen molar-refractivity contribution in [2.24, 2.45) is 0 Å². The van der Waals surface area contributed by atoms with Gasteiger partial charge in [-0.15, -0.1) is 0 Å². The smallest absolute Gasteiger partial charge is 0.338 e. The zero-order valence-corrected chi connectivity index (χ0v) is 14.3. The molecule has 0 unspecified atom stereocenters. The van der Waals surface area contributed by atoms with Crippen LogP contribution in [0.25, 0.3) is 11.6 Å². The Hall–Kier alpha value is -2.82. The van der Waals surface area contributed by atoms with E-state index >= 15 is 0 Å². The van der Waals surface area contributed by atoms with Crippen molar-refractivity contribution >= 4 is 29.2 Å². The van der Waals surface area contributed by atoms with Gasteiger partial charge >= 0.3 is 5.97 Å². The highest BCUT2D eigenvalue weighted by molar-refractivity contribution is 6.35. The first-order valence-electron chi connectivity index (χ1n) is 8.57. The van der Waals surface area contributed by atoms with Crippen LogP contribution >= 0.6 is 0 Å². The van der Waals surface area contributed by atoms with Gasteiger partial charge in [0.15, 0.2) is 0 Å². The molecule has 0 atom stereocenters. The fraction of sp³-hybridized carbons (Fsp3) is 0.300. The lowest BCUT2D eigenvalue weighted by Gasteiger charge is -2.10. The molecule has 0 spiro atoms. The molecule has 5 heteroatoms. The van der Waals surface area contributed by atoms with Gasteiger partial charge in [-0.2, -0.15) is 0 Å². The third kappa shape index (κ3) is 2.47. The van der Waals surface area contributed by atoms with Gasteiger partial charge in [0.1, 0.15) is 0 Å². The van der Waals surface area contributed by atoms with E-state index in [9.17, 15) is 14.7 Å². The summed E-state index contributed by atoms with van der Waals surface area (Å²) in [6, 6.07) is 3.98. The van der Waals surface area contributed by atoms with Crippen LogP contribution in [0.2, 0.25) is 0 Å². The Morgan fingerprint density at radius 2 is 1.96 bits per heavy atom. The third-order valence-electron chi connectivity index (χ3n) is 5.07. The summed E-state index contributed by atoms with van der Waals surface area (Å²) in [7, 11) is 0. The van der Waals surface area contributed by atoms with Gasteiger partial charge in [-0.3, -0.25) is 4.79 Å². The lowest BCUT2D eigenvalue weighted by Crippen LogP contribution is -2.07. The predicted octanol–water partition coefficient (Wildman–Crippen LogP) is 3.70. The van der Waals surface area contributed by atoms with E-state index in [1.54, 1.807) is 6.08 Å². The van der Waals surface area contributed by atoms with Crippen molar-refractivity contribution in [3.63, 3.8) is 0 Å². The average Bonchev–Trinajstić information content (AvgIpc) is 3.05. The molecule has 25 heavy (non-hydrogen) atoms. The molecule has 1 aromatic heterocycles. The minimum absolute atomic E-state index is 0.187. The van der Waals surface area contributed by atoms with Gasteiger partial charge in [0.2, 0.25) is 0 Å². The number of carboxylic acid groups (broad SMARTS) is 1. The summed E-state index contributed by atoms with van der Waals surface area (Å²) < 4.78 is 0. The molecule has 2 heterocycles. The van der Waals surface area contributed by atoms with Gasteiger partial charge in [-0.1, -0.05) is 6.07 Å². The molecule has 1 aliphatic carbocycles. The summed E-state index contributed by atoms with van der Waals surface area (Å²) in [6.45, 7) is 3.96. The van der Waals surface area contributed by atoms with Crippen molar-refractivity contribution in [3.05, 3.63) is 51.3 Å². The Labute approximate surface area is 145 Å². The van der Waals surface area contributed by atoms with Crippen LogP contribution < -0.4 is 5.32 Å². The number of carbonyl (C=O) groups is 2. The van der Waals surface area contributed by atoms with E-state index in [-0.39, 0.29) is 5.91 Å². The average molecular weight is 336 g/mol. The number of hydrogen-bond acceptors (Lipinski definition) is 2. The number of rotatable bonds is 2. The number of H-pyrrole nitrogens is 1. The van der Waals surface area contributed by atoms with Gasteiger partial charge in [0.25, 0.3) is 5.91 Å². The Kier molecular flexibility index (Phi) is 3.53. The van der Waals surface area contributed by atoms with Crippen LogP contribution in [0.1, 0.15) is 56.8 Å². The lowest BCUT2D eigenvalue weighted by atomic mass is 9.93. The minimum atomic E-state index is -0.939. The highest BCUT2D eigenvalue weighted by Crippen LogP contribution is 2.37. The van der Waals surface area contributed by atoms with Crippen molar-refractivity contribution in [2.75, 3.05) is 5.32 Å². The number of carbonyl (C=O) groups excluding carboxylic acids is 1. The van der Waals surface area contributed by atoms with Crippen molar-refractivity contribution in [3.8, 4) is 0 Å². The first-order valence-corrected chi connectivity index (χ1v) is 8.57. The number of aromatic carboxylic acids is 1. The van der Waals surface area contributed by atoms with Gasteiger partial charge in [-0.05, 0) is 68.4 Å². The largest absolute Gasteiger partial charge is 0.478 e. The maximum Gasteiger partial charge on any atom is 0.338 e. The van der Waals surface area contributed by atoms with E-state index in [1.807, 2.05) is 26.0 Å². The van der Waals surface area contributed by atoms with E-state index in [1.165, 1.54) is 0 Å². The van der Waals surface area contributed by atoms with Crippen LogP contribution in [0.15, 0.2) is 12.1 Å². The molecule has 0 fully saturated rings. The molecule has 1 amide bonds. The fourth-order valence-electron chi connectivity index (χ4n) is 4.07. The number of hydrogen-bond donors (Lipinski definition) is 3. The molecule has 0 bridgehead atoms. The van der Waals surface area contributed by atoms with Gasteiger partial charge in [0.05, 0.1) is 16.8 Å². The summed E-state index contributed by atoms with van der Waals surface area (Å²) >= 11 is 0. The normalized spacial score (nSPS) is 17.4. The second-order valence-electron chi connectivity index (χ2n) is 6.90. The van der Waals surface area contributed by atoms with E-state index < -0.39 is 5.97 Å². The molecule has 2 aromatic rings. The number of aryl methyl sites for hydroxylation is 3. The second kappa shape index (κ2) is 5.62. The molecule has 0 saturated carbocycles. The number of fused-ring (bicyclic) bond motifs is 2. The molecule has 0 radical (unpaired) electrons. The van der Waals surface area contributed by atoms with E-state index in [4.69, 9.17) is 0 Å². The molecule has 5 nitrogen and oxygen atoms in total. The quantitative estimate of drug-likeness (QED) is 0.731. The molecule has 3 N–H and O–H groups in total. The second-order valence-corrected chi connectivity index (χ2v) is 6.90. The third-order valence-corrected chi connectivity index (χ3v) is 5.07. The molecule has 4 rings (SSSR count). The Bertz CT molecular complexity index is 950. The number of aromatic nitrogens is 1. The summed E-state index contributed by atoms with van der Waals surface area (Å²) in [5, 5.41) is 12.6. The Balaban J connectivity index is 1.90. The maximum atomic E-state index is 12.5. The van der Waals surface area contributed by atoms with E-state index in [0.717, 1.165) is 59.3 Å². The SMILES string of the molecule is Cc1cc(C)c2c(c1)NC(=O)C2=Cc1[nH]c2c(c1C(=O)O)CCCC2. The monoisotopic (exact) mass is 336 g/mol. The van der Waals surface area contributed by atoms with Crippen molar-refractivity contribution in [1.82, 2.24) is 4.98 Å². The van der Waals surface area contributed by atoms with Crippen LogP contribution in [0, 0.1) is 13.8 Å². The van der Waals surface area contributed by atoms with Crippen molar-refractivity contribution in [2.45, 2.75) is 39.5 Å². The molecule has 2 aliphatic rings. The summed E-state index contributed by atoms with van der Waals surface area (Å²) in [5.41, 5.74) is 6.99. The summed E-state index contributed by atoms with van der Waals surface area (Å²) in [6.07, 6.45) is 5.40. The summed E-state index contributed by atoms with van der Waals surface area (Å²) in [4.78, 5) is 27.6. The van der Waals surface area contributed by atoms with Gasteiger partial charge in [-0.25, -0.2) is 4.79 Å². The van der Waals surface area contributed by atoms with Crippen LogP contribution in [0.4, 0.5) is 5.69 Å². The van der Waals surface area contributed by atoms with Crippen LogP contribution in [-0.2, 0) is 17.6 Å². The van der Waals surface area contributed by atoms with Crippen molar-refractivity contribution in [1.29, 1.82) is 0 Å². The van der Waals surface area contributed by atoms with Crippen LogP contribution in [0.3, 0.4) is 0 Å². The Morgan fingerprint density at radius 3 is 2.72 bits per heavy atom. The summed E-state index contributed by atoms with van der Waals surface area (Å²) in [5.74, 6) is -1.13. The lowest BCUT2D eigenvalue weighted by molar-refractivity contribution is -0.110. The minimum Gasteiger partial charge on any atom is -0.478 e. The molecular weight excluding hydrogens is 316 g/mol. The zero-order chi connectivity index (χ0) is 17.7. The number of anilines is 1. The molecule has 1 aliphatic heterocycles. The zero-order valence-electron chi connectivity index (χ0n) is 14.3. The van der Waals surface area contributed by atoms with E-state index in [2.05, 4.69) is 10.3 Å². The number of benzene rings is 1. The first kappa shape index (κ1) is 15.7.